The number of methoxy groups -OCH3 is 1. The number of nitrogens with one attached hydrogen (secondary N) is 1. The van der Waals surface area contributed by atoms with Gasteiger partial charge in [-0.15, -0.1) is 0 Å². The van der Waals surface area contributed by atoms with Crippen molar-refractivity contribution < 1.29 is 18.1 Å². The fourth-order valence-corrected chi connectivity index (χ4v) is 3.42. The first-order valence-corrected chi connectivity index (χ1v) is 8.59. The zero-order chi connectivity index (χ0) is 18.0. The molecule has 1 N–H and O–H groups in total. The van der Waals surface area contributed by atoms with Gasteiger partial charge in [0, 0.05) is 29.8 Å². The Bertz CT molecular complexity index is 1070. The van der Waals surface area contributed by atoms with E-state index in [1.54, 1.807) is 24.4 Å². The van der Waals surface area contributed by atoms with Crippen LogP contribution in [0, 0.1) is 10.1 Å². The Morgan fingerprint density at radius 3 is 2.68 bits per heavy atom. The maximum Gasteiger partial charge on any atom is 0.270 e. The van der Waals surface area contributed by atoms with Gasteiger partial charge in [0.2, 0.25) is 0 Å². The van der Waals surface area contributed by atoms with Gasteiger partial charge in [-0.05, 0) is 18.2 Å². The fourth-order valence-electron chi connectivity index (χ4n) is 2.33. The predicted octanol–water partition coefficient (Wildman–Crippen LogP) is 2.95. The van der Waals surface area contributed by atoms with Gasteiger partial charge in [-0.25, -0.2) is 8.42 Å². The second-order valence-electron chi connectivity index (χ2n) is 5.11. The Balaban J connectivity index is 2.08. The number of pyridine rings is 1. The SMILES string of the molecule is COc1cc(NS(=O)(=O)c2cccc([N+](=O)[O-])c2)c2ncccc2c1. The molecule has 3 aromatic rings. The zero-order valence-corrected chi connectivity index (χ0v) is 13.9. The van der Waals surface area contributed by atoms with Crippen molar-refractivity contribution in [3.8, 4) is 5.75 Å². The summed E-state index contributed by atoms with van der Waals surface area (Å²) < 4.78 is 32.8. The minimum Gasteiger partial charge on any atom is -0.497 e. The lowest BCUT2D eigenvalue weighted by Gasteiger charge is -2.12. The number of anilines is 1. The van der Waals surface area contributed by atoms with E-state index in [4.69, 9.17) is 4.74 Å². The third kappa shape index (κ3) is 3.36. The molecular weight excluding hydrogens is 346 g/mol. The highest BCUT2D eigenvalue weighted by Crippen LogP contribution is 2.30. The third-order valence-electron chi connectivity index (χ3n) is 3.50. The molecule has 25 heavy (non-hydrogen) atoms. The predicted molar refractivity (Wildman–Crippen MR) is 92.2 cm³/mol. The molecule has 0 saturated heterocycles. The highest BCUT2D eigenvalue weighted by atomic mass is 32.2. The van der Waals surface area contributed by atoms with Crippen molar-refractivity contribution in [2.75, 3.05) is 11.8 Å². The summed E-state index contributed by atoms with van der Waals surface area (Å²) >= 11 is 0. The summed E-state index contributed by atoms with van der Waals surface area (Å²) in [5.41, 5.74) is 0.357. The summed E-state index contributed by atoms with van der Waals surface area (Å²) in [7, 11) is -2.57. The molecule has 0 unspecified atom stereocenters. The third-order valence-corrected chi connectivity index (χ3v) is 4.86. The molecule has 8 nitrogen and oxygen atoms in total. The Labute approximate surface area is 143 Å². The van der Waals surface area contributed by atoms with E-state index in [0.717, 1.165) is 6.07 Å². The maximum absolute atomic E-state index is 12.6. The molecule has 0 aliphatic carbocycles. The van der Waals surface area contributed by atoms with Gasteiger partial charge in [0.25, 0.3) is 15.7 Å². The first-order chi connectivity index (χ1) is 11.9. The first kappa shape index (κ1) is 16.7. The highest BCUT2D eigenvalue weighted by Gasteiger charge is 2.19. The number of benzene rings is 2. The van der Waals surface area contributed by atoms with Crippen LogP contribution in [0.3, 0.4) is 0 Å². The standard InChI is InChI=1S/C16H13N3O5S/c1-24-13-8-11-4-3-7-17-16(11)15(10-13)18-25(22,23)14-6-2-5-12(9-14)19(20)21/h2-10,18H,1H3. The molecule has 1 aromatic heterocycles. The van der Waals surface area contributed by atoms with Crippen LogP contribution in [0.5, 0.6) is 5.75 Å². The lowest BCUT2D eigenvalue weighted by molar-refractivity contribution is -0.385. The number of rotatable bonds is 5. The van der Waals surface area contributed by atoms with Gasteiger partial charge in [-0.3, -0.25) is 19.8 Å². The van der Waals surface area contributed by atoms with Gasteiger partial charge < -0.3 is 4.74 Å². The average Bonchev–Trinajstić information content (AvgIpc) is 2.61. The van der Waals surface area contributed by atoms with E-state index in [0.29, 0.717) is 16.7 Å². The second-order valence-corrected chi connectivity index (χ2v) is 6.79. The topological polar surface area (TPSA) is 111 Å². The number of hydrogen-bond acceptors (Lipinski definition) is 6. The molecule has 3 rings (SSSR count). The molecule has 9 heteroatoms. The van der Waals surface area contributed by atoms with Crippen LogP contribution in [0.4, 0.5) is 11.4 Å². The van der Waals surface area contributed by atoms with Gasteiger partial charge in [0.05, 0.1) is 28.1 Å². The van der Waals surface area contributed by atoms with Crippen molar-refractivity contribution in [2.24, 2.45) is 0 Å². The number of fused-ring (bicyclic) bond motifs is 1. The van der Waals surface area contributed by atoms with Crippen molar-refractivity contribution in [3.05, 3.63) is 64.8 Å². The molecular formula is C16H13N3O5S. The van der Waals surface area contributed by atoms with E-state index in [2.05, 4.69) is 9.71 Å². The molecule has 0 spiro atoms. The molecule has 0 radical (unpaired) electrons. The van der Waals surface area contributed by atoms with Crippen LogP contribution in [-0.2, 0) is 10.0 Å². The van der Waals surface area contributed by atoms with Crippen LogP contribution in [0.15, 0.2) is 59.6 Å². The number of ether oxygens (including phenoxy) is 1. The summed E-state index contributed by atoms with van der Waals surface area (Å²) in [5.74, 6) is 0.456. The molecule has 0 aliphatic rings. The monoisotopic (exact) mass is 359 g/mol. The number of sulfonamides is 1. The van der Waals surface area contributed by atoms with Crippen LogP contribution >= 0.6 is 0 Å². The summed E-state index contributed by atoms with van der Waals surface area (Å²) in [6.45, 7) is 0. The minimum atomic E-state index is -4.04. The quantitative estimate of drug-likeness (QED) is 0.554. The maximum atomic E-state index is 12.6. The summed E-state index contributed by atoms with van der Waals surface area (Å²) in [6.07, 6.45) is 1.54. The van der Waals surface area contributed by atoms with E-state index in [1.165, 1.54) is 31.4 Å². The molecule has 2 aromatic carbocycles. The number of nitrogens with zero attached hydrogens (tertiary/aromatic N) is 2. The van der Waals surface area contributed by atoms with E-state index in [-0.39, 0.29) is 16.3 Å². The molecule has 0 saturated carbocycles. The second kappa shape index (κ2) is 6.36. The van der Waals surface area contributed by atoms with Crippen molar-refractivity contribution in [1.29, 1.82) is 0 Å². The lowest BCUT2D eigenvalue weighted by atomic mass is 10.2. The van der Waals surface area contributed by atoms with Crippen molar-refractivity contribution in [2.45, 2.75) is 4.90 Å². The Morgan fingerprint density at radius 1 is 1.16 bits per heavy atom. The smallest absolute Gasteiger partial charge is 0.270 e. The van der Waals surface area contributed by atoms with Gasteiger partial charge >= 0.3 is 0 Å². The minimum absolute atomic E-state index is 0.214. The first-order valence-electron chi connectivity index (χ1n) is 7.11. The molecule has 0 fully saturated rings. The number of non-ortho nitro benzene ring substituents is 1. The molecule has 128 valence electrons. The van der Waals surface area contributed by atoms with Crippen molar-refractivity contribution in [3.63, 3.8) is 0 Å². The largest absolute Gasteiger partial charge is 0.497 e. The average molecular weight is 359 g/mol. The summed E-state index contributed by atoms with van der Waals surface area (Å²) in [4.78, 5) is 14.2. The van der Waals surface area contributed by atoms with Gasteiger partial charge in [0.15, 0.2) is 0 Å². The van der Waals surface area contributed by atoms with Crippen molar-refractivity contribution >= 4 is 32.3 Å². The van der Waals surface area contributed by atoms with Crippen LogP contribution in [0.2, 0.25) is 0 Å². The molecule has 0 aliphatic heterocycles. The Morgan fingerprint density at radius 2 is 1.96 bits per heavy atom. The zero-order valence-electron chi connectivity index (χ0n) is 13.0. The number of nitro benzene ring substituents is 1. The van der Waals surface area contributed by atoms with E-state index in [1.807, 2.05) is 0 Å². The molecule has 0 amide bonds. The Kier molecular flexibility index (Phi) is 4.24. The molecule has 0 atom stereocenters. The number of nitro groups is 1. The van der Waals surface area contributed by atoms with Gasteiger partial charge in [-0.2, -0.15) is 0 Å². The van der Waals surface area contributed by atoms with Gasteiger partial charge in [0.1, 0.15) is 5.75 Å². The Hall–Kier alpha value is -3.20. The highest BCUT2D eigenvalue weighted by molar-refractivity contribution is 7.92. The molecule has 1 heterocycles. The number of hydrogen-bond donors (Lipinski definition) is 1. The summed E-state index contributed by atoms with van der Waals surface area (Å²) in [5, 5.41) is 11.6. The lowest BCUT2D eigenvalue weighted by Crippen LogP contribution is -2.13. The van der Waals surface area contributed by atoms with E-state index >= 15 is 0 Å². The normalized spacial score (nSPS) is 11.2. The van der Waals surface area contributed by atoms with Crippen molar-refractivity contribution in [1.82, 2.24) is 4.98 Å². The number of aromatic nitrogens is 1. The van der Waals surface area contributed by atoms with Gasteiger partial charge in [-0.1, -0.05) is 12.1 Å². The van der Waals surface area contributed by atoms with E-state index < -0.39 is 14.9 Å². The van der Waals surface area contributed by atoms with Crippen LogP contribution < -0.4 is 9.46 Å². The van der Waals surface area contributed by atoms with Crippen LogP contribution in [0.1, 0.15) is 0 Å². The van der Waals surface area contributed by atoms with Crippen LogP contribution in [0.25, 0.3) is 10.9 Å². The van der Waals surface area contributed by atoms with Crippen LogP contribution in [-0.4, -0.2) is 25.4 Å². The molecule has 0 bridgehead atoms. The fraction of sp³-hybridized carbons (Fsp3) is 0.0625. The van der Waals surface area contributed by atoms with E-state index in [9.17, 15) is 18.5 Å². The summed E-state index contributed by atoms with van der Waals surface area (Å²) in [6, 6.07) is 11.5.